The Balaban J connectivity index is 0.648. The number of carbonyl (C=O) groups is 10. The first-order valence-electron chi connectivity index (χ1n) is 29.5. The second kappa shape index (κ2) is 30.0. The summed E-state index contributed by atoms with van der Waals surface area (Å²) < 4.78 is 11.1. The van der Waals surface area contributed by atoms with Crippen LogP contribution in [0.1, 0.15) is 74.7 Å². The molecule has 0 saturated heterocycles. The van der Waals surface area contributed by atoms with Gasteiger partial charge in [-0.3, -0.25) is 43.3 Å². The fourth-order valence-electron chi connectivity index (χ4n) is 10.4. The molecular weight excluding hydrogens is 1290 g/mol. The first-order chi connectivity index (χ1) is 46.0. The van der Waals surface area contributed by atoms with Gasteiger partial charge in [-0.15, -0.1) is 0 Å². The zero-order valence-corrected chi connectivity index (χ0v) is 52.3. The van der Waals surface area contributed by atoms with Crippen LogP contribution < -0.4 is 58.6 Å². The molecule has 5 aromatic carbocycles. The number of amides is 6. The third kappa shape index (κ3) is 16.4. The molecular formula is C63H61N15O16S2. The molecule has 96 heavy (non-hydrogen) atoms. The van der Waals surface area contributed by atoms with Crippen LogP contribution in [0.5, 0.6) is 5.75 Å². The summed E-state index contributed by atoms with van der Waals surface area (Å²) in [6, 6.07) is 24.5. The number of carbonyl (C=O) groups excluding carboxylic acids is 7. The van der Waals surface area contributed by atoms with E-state index < -0.39 is 103 Å². The summed E-state index contributed by atoms with van der Waals surface area (Å²) in [7, 11) is 2.05. The molecule has 6 amide bonds. The van der Waals surface area contributed by atoms with Gasteiger partial charge >= 0.3 is 24.1 Å². The summed E-state index contributed by atoms with van der Waals surface area (Å²) in [5.41, 5.74) is 16.1. The number of hydrogen-bond donors (Lipinski definition) is 14. The maximum absolute atomic E-state index is 14.3. The molecule has 1 aliphatic rings. The summed E-state index contributed by atoms with van der Waals surface area (Å²) in [5, 5.41) is 47.3. The number of aliphatic carboxylic acids is 3. The van der Waals surface area contributed by atoms with E-state index >= 15 is 0 Å². The topological polar surface area (TPSA) is 480 Å². The number of nitrogens with two attached hydrogens (primary N) is 2. The molecule has 0 radical (unpaired) electrons. The van der Waals surface area contributed by atoms with E-state index in [0.717, 1.165) is 43.4 Å². The van der Waals surface area contributed by atoms with Crippen molar-refractivity contribution in [3.05, 3.63) is 154 Å². The Kier molecular flexibility index (Phi) is 21.0. The van der Waals surface area contributed by atoms with Crippen LogP contribution in [-0.4, -0.2) is 160 Å². The van der Waals surface area contributed by atoms with Crippen molar-refractivity contribution in [3.63, 3.8) is 0 Å². The maximum Gasteiger partial charge on any atom is 0.513 e. The monoisotopic (exact) mass is 1350 g/mol. The number of carboxylic acids is 3. The first kappa shape index (κ1) is 67.3. The first-order valence-corrected chi connectivity index (χ1v) is 32.0. The highest BCUT2D eigenvalue weighted by molar-refractivity contribution is 8.76. The summed E-state index contributed by atoms with van der Waals surface area (Å²) in [6.07, 6.45) is -1.52. The third-order valence-corrected chi connectivity index (χ3v) is 17.5. The lowest BCUT2D eigenvalue weighted by Gasteiger charge is -2.22. The van der Waals surface area contributed by atoms with Gasteiger partial charge in [-0.2, -0.15) is 4.98 Å². The number of nitrogen functional groups attached to an aromatic ring is 1. The summed E-state index contributed by atoms with van der Waals surface area (Å²) >= 11 is 0. The van der Waals surface area contributed by atoms with Crippen LogP contribution in [0, 0.1) is 0 Å². The van der Waals surface area contributed by atoms with Gasteiger partial charge < -0.3 is 83.0 Å². The SMILES string of the molecule is CC1CN(C(=O)c2cc3cc(NC(=O)c4cc5ccccc5[nH]4)ccc3[nH]2)c2cc(OC(=O)OCCSSCC(NC(=O)C(CC(=O)O)NC(=O)C(N)CNC(=O)CCC(NC(=O)c3ccc(NCc4cnc5nc(N)[nH]c(=O)c5n4)cc3)C(=O)O)C(=O)O)c3ccccc3c21. The van der Waals surface area contributed by atoms with E-state index in [9.17, 15) is 68.1 Å². The van der Waals surface area contributed by atoms with Gasteiger partial charge in [0.05, 0.1) is 30.5 Å². The number of para-hydroxylation sites is 1. The van der Waals surface area contributed by atoms with E-state index in [-0.39, 0.29) is 76.5 Å². The number of fused-ring (bicyclic) bond motifs is 6. The van der Waals surface area contributed by atoms with Gasteiger partial charge in [0, 0.05) is 87.1 Å². The van der Waals surface area contributed by atoms with E-state index in [1.165, 1.54) is 30.5 Å². The highest BCUT2D eigenvalue weighted by atomic mass is 33.1. The molecule has 0 saturated carbocycles. The molecule has 9 aromatic rings. The predicted molar refractivity (Wildman–Crippen MR) is 354 cm³/mol. The van der Waals surface area contributed by atoms with E-state index in [4.69, 9.17) is 20.9 Å². The number of anilines is 4. The Morgan fingerprint density at radius 1 is 0.740 bits per heavy atom. The van der Waals surface area contributed by atoms with Crippen molar-refractivity contribution in [1.29, 1.82) is 0 Å². The molecule has 0 aliphatic carbocycles. The van der Waals surface area contributed by atoms with E-state index in [0.29, 0.717) is 51.3 Å². The van der Waals surface area contributed by atoms with Gasteiger partial charge in [0.1, 0.15) is 47.9 Å². The molecule has 16 N–H and O–H groups in total. The molecule has 5 unspecified atom stereocenters. The number of benzene rings is 5. The minimum absolute atomic E-state index is 0.0103. The largest absolute Gasteiger partial charge is 0.513 e. The number of hydrogen-bond acceptors (Lipinski definition) is 21. The molecule has 5 atom stereocenters. The zero-order chi connectivity index (χ0) is 68.3. The Bertz CT molecular complexity index is 4570. The van der Waals surface area contributed by atoms with Crippen molar-refractivity contribution >= 4 is 148 Å². The number of carboxylic acid groups (broad SMARTS) is 3. The van der Waals surface area contributed by atoms with Crippen molar-refractivity contribution < 1.29 is 72.7 Å². The highest BCUT2D eigenvalue weighted by Crippen LogP contribution is 2.46. The number of rotatable bonds is 28. The van der Waals surface area contributed by atoms with Crippen molar-refractivity contribution in [2.24, 2.45) is 5.73 Å². The summed E-state index contributed by atoms with van der Waals surface area (Å²) in [4.78, 5) is 164. The minimum atomic E-state index is -1.83. The molecule has 5 heterocycles. The van der Waals surface area contributed by atoms with Crippen LogP contribution in [0.25, 0.3) is 43.7 Å². The third-order valence-electron chi connectivity index (χ3n) is 15.1. The fourth-order valence-corrected chi connectivity index (χ4v) is 12.4. The molecule has 0 bridgehead atoms. The fraction of sp³-hybridized carbons (Fsp3) is 0.238. The number of aromatic amines is 3. The Labute approximate surface area is 550 Å². The van der Waals surface area contributed by atoms with Gasteiger partial charge in [0.25, 0.3) is 23.3 Å². The number of ether oxygens (including phenoxy) is 2. The highest BCUT2D eigenvalue weighted by Gasteiger charge is 2.35. The van der Waals surface area contributed by atoms with Gasteiger partial charge in [0.2, 0.25) is 23.7 Å². The van der Waals surface area contributed by atoms with Crippen LogP contribution in [0.4, 0.5) is 27.8 Å². The van der Waals surface area contributed by atoms with Crippen molar-refractivity contribution in [1.82, 2.24) is 51.2 Å². The summed E-state index contributed by atoms with van der Waals surface area (Å²) in [5.74, 6) is -9.28. The molecule has 0 fully saturated rings. The summed E-state index contributed by atoms with van der Waals surface area (Å²) in [6.45, 7) is 1.66. The lowest BCUT2D eigenvalue weighted by molar-refractivity contribution is -0.143. The van der Waals surface area contributed by atoms with Crippen LogP contribution in [-0.2, 0) is 40.0 Å². The average molecular weight is 1350 g/mol. The average Bonchev–Trinajstić information content (AvgIpc) is 1.56. The predicted octanol–water partition coefficient (Wildman–Crippen LogP) is 4.57. The van der Waals surface area contributed by atoms with Crippen LogP contribution in [0.2, 0.25) is 0 Å². The van der Waals surface area contributed by atoms with Crippen LogP contribution in [0.15, 0.2) is 120 Å². The number of aromatic nitrogens is 6. The molecule has 0 spiro atoms. The molecule has 33 heteroatoms. The minimum Gasteiger partial charge on any atom is -0.481 e. The van der Waals surface area contributed by atoms with E-state index in [2.05, 4.69) is 61.8 Å². The maximum atomic E-state index is 14.3. The molecule has 10 rings (SSSR count). The van der Waals surface area contributed by atoms with Gasteiger partial charge in [-0.25, -0.2) is 24.4 Å². The number of nitrogens with zero attached hydrogens (tertiary/aromatic N) is 4. The standard InChI is InChI=1S/C63H61N15O16S2/c1-30-28-78(59(87)45-22-33-20-35(14-15-41(33)72-45)70-56(84)43-21-32-6-2-5-9-40(32)71-43)47-24-48(37-7-3-4-8-38(37)51(30)47)94-63(92)93-18-19-95-96-29-46(61(90)91)75-57(85)44(23-50(80)81)74-55(83)39(64)27-67-49(79)17-16-42(60(88)89)73-54(82)31-10-12-34(13-11-31)66-25-36-26-68-53-52(69-36)58(86)77-62(65)76-53/h2-15,20-22,24,26,30,39,42,44,46,66,71-72H,16-19,23,25,27-29,64H2,1H3,(H,67,79)(H,70,84)(H,73,82)(H,74,83)(H,75,85)(H,80,81)(H,88,89)(H,90,91)(H3,65,68,76,77,86). The van der Waals surface area contributed by atoms with Gasteiger partial charge in [-0.05, 0) is 78.0 Å². The van der Waals surface area contributed by atoms with E-state index in [1.54, 1.807) is 53.4 Å². The molecule has 496 valence electrons. The number of H-pyrrole nitrogens is 3. The van der Waals surface area contributed by atoms with Gasteiger partial charge in [-0.1, -0.05) is 71.0 Å². The zero-order valence-electron chi connectivity index (χ0n) is 50.6. The Morgan fingerprint density at radius 2 is 1.44 bits per heavy atom. The number of nitrogens with one attached hydrogen (secondary N) is 9. The second-order valence-corrected chi connectivity index (χ2v) is 24.6. The quantitative estimate of drug-likeness (QED) is 0.0138. The molecule has 4 aromatic heterocycles. The van der Waals surface area contributed by atoms with Gasteiger partial charge in [0.15, 0.2) is 11.2 Å². The van der Waals surface area contributed by atoms with Crippen molar-refractivity contribution in [3.8, 4) is 5.75 Å². The van der Waals surface area contributed by atoms with Crippen molar-refractivity contribution in [2.75, 3.05) is 52.5 Å². The molecule has 1 aliphatic heterocycles. The Morgan fingerprint density at radius 3 is 2.19 bits per heavy atom. The van der Waals surface area contributed by atoms with Crippen LogP contribution >= 0.6 is 21.6 Å². The normalized spacial score (nSPS) is 13.8. The second-order valence-electron chi connectivity index (χ2n) is 22.0. The molecule has 31 nitrogen and oxygen atoms in total. The van der Waals surface area contributed by atoms with Crippen molar-refractivity contribution in [2.45, 2.75) is 62.8 Å². The smallest absolute Gasteiger partial charge is 0.481 e. The lowest BCUT2D eigenvalue weighted by Crippen LogP contribution is -2.57. The van der Waals surface area contributed by atoms with E-state index in [1.807, 2.05) is 43.3 Å². The lowest BCUT2D eigenvalue weighted by atomic mass is 9.95. The van der Waals surface area contributed by atoms with Crippen LogP contribution in [0.3, 0.4) is 0 Å². The Hall–Kier alpha value is -11.6.